The number of hydrazine groups is 1. The summed E-state index contributed by atoms with van der Waals surface area (Å²) in [4.78, 5) is 38.5. The first kappa shape index (κ1) is 18.2. The zero-order valence-electron chi connectivity index (χ0n) is 14.0. The molecule has 2 aromatic rings. The van der Waals surface area contributed by atoms with Crippen molar-refractivity contribution in [2.24, 2.45) is 0 Å². The van der Waals surface area contributed by atoms with Gasteiger partial charge in [0.2, 0.25) is 5.91 Å². The third-order valence-corrected chi connectivity index (χ3v) is 3.65. The number of aromatic nitrogens is 1. The Bertz CT molecular complexity index is 812. The number of esters is 1. The van der Waals surface area contributed by atoms with Crippen LogP contribution < -0.4 is 10.9 Å². The molecule has 7 nitrogen and oxygen atoms in total. The lowest BCUT2D eigenvalue weighted by Crippen LogP contribution is -2.42. The normalized spacial score (nSPS) is 10.2. The van der Waals surface area contributed by atoms with E-state index in [0.717, 1.165) is 0 Å². The largest absolute Gasteiger partial charge is 0.465 e. The lowest BCUT2D eigenvalue weighted by Gasteiger charge is -2.07. The molecule has 0 aliphatic carbocycles. The molecule has 1 heterocycles. The predicted molar refractivity (Wildman–Crippen MR) is 87.3 cm³/mol. The van der Waals surface area contributed by atoms with Crippen LogP contribution in [0.25, 0.3) is 0 Å². The van der Waals surface area contributed by atoms with E-state index in [-0.39, 0.29) is 17.7 Å². The van der Waals surface area contributed by atoms with Crippen LogP contribution >= 0.6 is 0 Å². The van der Waals surface area contributed by atoms with Gasteiger partial charge in [-0.3, -0.25) is 20.4 Å². The van der Waals surface area contributed by atoms with Crippen molar-refractivity contribution < 1.29 is 23.5 Å². The summed E-state index contributed by atoms with van der Waals surface area (Å²) in [5, 5.41) is 0. The van der Waals surface area contributed by atoms with Crippen LogP contribution in [0.4, 0.5) is 4.39 Å². The average Bonchev–Trinajstić information content (AvgIpc) is 2.88. The number of hydrogen-bond donors (Lipinski definition) is 3. The first-order valence-corrected chi connectivity index (χ1v) is 7.44. The van der Waals surface area contributed by atoms with Gasteiger partial charge in [0, 0.05) is 5.69 Å². The quantitative estimate of drug-likeness (QED) is 0.577. The maximum atomic E-state index is 12.8. The predicted octanol–water partition coefficient (Wildman–Crippen LogP) is 1.56. The van der Waals surface area contributed by atoms with Crippen LogP contribution in [0.15, 0.2) is 24.3 Å². The van der Waals surface area contributed by atoms with Crippen LogP contribution in [0, 0.1) is 19.7 Å². The van der Waals surface area contributed by atoms with Crippen molar-refractivity contribution in [1.29, 1.82) is 0 Å². The number of benzene rings is 1. The molecular weight excluding hydrogens is 329 g/mol. The number of aryl methyl sites for hydroxylation is 1. The molecule has 0 saturated carbocycles. The SMILES string of the molecule is COC(=O)c1c(C)[nH]c(C(=O)NNC(=O)Cc2ccc(F)cc2)c1C. The van der Waals surface area contributed by atoms with E-state index in [1.54, 1.807) is 13.8 Å². The van der Waals surface area contributed by atoms with E-state index in [4.69, 9.17) is 0 Å². The van der Waals surface area contributed by atoms with Gasteiger partial charge >= 0.3 is 5.97 Å². The number of ether oxygens (including phenoxy) is 1. The fourth-order valence-corrected chi connectivity index (χ4v) is 2.41. The number of carbonyl (C=O) groups is 3. The summed E-state index contributed by atoms with van der Waals surface area (Å²) >= 11 is 0. The van der Waals surface area contributed by atoms with E-state index in [2.05, 4.69) is 20.6 Å². The fourth-order valence-electron chi connectivity index (χ4n) is 2.41. The minimum atomic E-state index is -0.594. The van der Waals surface area contributed by atoms with Gasteiger partial charge in [0.05, 0.1) is 19.1 Å². The summed E-state index contributed by atoms with van der Waals surface area (Å²) in [7, 11) is 1.25. The molecule has 2 amide bonds. The van der Waals surface area contributed by atoms with Crippen LogP contribution in [0.2, 0.25) is 0 Å². The first-order chi connectivity index (χ1) is 11.8. The Balaban J connectivity index is 1.99. The standard InChI is InChI=1S/C17H18FN3O4/c1-9-14(17(24)25-3)10(2)19-15(9)16(23)21-20-13(22)8-11-4-6-12(18)7-5-11/h4-7,19H,8H2,1-3H3,(H,20,22)(H,21,23). The molecule has 132 valence electrons. The van der Waals surface area contributed by atoms with Crippen molar-refractivity contribution in [3.8, 4) is 0 Å². The molecule has 3 N–H and O–H groups in total. The maximum absolute atomic E-state index is 12.8. The van der Waals surface area contributed by atoms with Crippen LogP contribution in [-0.2, 0) is 16.0 Å². The number of hydrogen-bond acceptors (Lipinski definition) is 4. The second-order valence-corrected chi connectivity index (χ2v) is 5.42. The summed E-state index contributed by atoms with van der Waals surface area (Å²) in [6, 6.07) is 5.47. The first-order valence-electron chi connectivity index (χ1n) is 7.44. The number of aromatic amines is 1. The molecule has 0 bridgehead atoms. The Labute approximate surface area is 143 Å². The molecule has 0 aliphatic heterocycles. The lowest BCUT2D eigenvalue weighted by molar-refractivity contribution is -0.121. The van der Waals surface area contributed by atoms with E-state index in [0.29, 0.717) is 16.8 Å². The van der Waals surface area contributed by atoms with E-state index in [9.17, 15) is 18.8 Å². The second kappa shape index (κ2) is 7.61. The van der Waals surface area contributed by atoms with Crippen LogP contribution in [0.5, 0.6) is 0 Å². The molecule has 0 aliphatic rings. The van der Waals surface area contributed by atoms with Gasteiger partial charge in [-0.05, 0) is 37.1 Å². The van der Waals surface area contributed by atoms with Gasteiger partial charge in [0.1, 0.15) is 11.5 Å². The van der Waals surface area contributed by atoms with E-state index >= 15 is 0 Å². The van der Waals surface area contributed by atoms with Crippen LogP contribution in [0.1, 0.15) is 37.7 Å². The van der Waals surface area contributed by atoms with Gasteiger partial charge in [-0.2, -0.15) is 0 Å². The van der Waals surface area contributed by atoms with Crippen molar-refractivity contribution in [1.82, 2.24) is 15.8 Å². The molecule has 0 saturated heterocycles. The highest BCUT2D eigenvalue weighted by atomic mass is 19.1. The highest BCUT2D eigenvalue weighted by Gasteiger charge is 2.22. The van der Waals surface area contributed by atoms with Crippen molar-refractivity contribution >= 4 is 17.8 Å². The molecule has 0 atom stereocenters. The number of carbonyl (C=O) groups excluding carboxylic acids is 3. The maximum Gasteiger partial charge on any atom is 0.339 e. The summed E-state index contributed by atoms with van der Waals surface area (Å²) in [6.45, 7) is 3.24. The van der Waals surface area contributed by atoms with Gasteiger partial charge in [-0.25, -0.2) is 9.18 Å². The Hall–Kier alpha value is -3.16. The fraction of sp³-hybridized carbons (Fsp3) is 0.235. The summed E-state index contributed by atoms with van der Waals surface area (Å²) in [5.74, 6) is -2.00. The Morgan fingerprint density at radius 1 is 1.12 bits per heavy atom. The molecule has 1 aromatic heterocycles. The highest BCUT2D eigenvalue weighted by molar-refractivity contribution is 6.01. The van der Waals surface area contributed by atoms with Gasteiger partial charge < -0.3 is 9.72 Å². The third kappa shape index (κ3) is 4.23. The van der Waals surface area contributed by atoms with E-state index in [1.165, 1.54) is 31.4 Å². The monoisotopic (exact) mass is 347 g/mol. The molecule has 0 fully saturated rings. The summed E-state index contributed by atoms with van der Waals surface area (Å²) in [5.41, 5.74) is 6.51. The highest BCUT2D eigenvalue weighted by Crippen LogP contribution is 2.18. The lowest BCUT2D eigenvalue weighted by atomic mass is 10.1. The summed E-state index contributed by atoms with van der Waals surface area (Å²) < 4.78 is 17.5. The number of amides is 2. The minimum Gasteiger partial charge on any atom is -0.465 e. The number of nitrogens with one attached hydrogen (secondary N) is 3. The van der Waals surface area contributed by atoms with Crippen LogP contribution in [-0.4, -0.2) is 29.9 Å². The van der Waals surface area contributed by atoms with Crippen molar-refractivity contribution in [2.75, 3.05) is 7.11 Å². The van der Waals surface area contributed by atoms with Gasteiger partial charge in [-0.15, -0.1) is 0 Å². The minimum absolute atomic E-state index is 0.0172. The zero-order valence-corrected chi connectivity index (χ0v) is 14.0. The summed E-state index contributed by atoms with van der Waals surface area (Å²) in [6.07, 6.45) is -0.0172. The number of H-pyrrole nitrogens is 1. The van der Waals surface area contributed by atoms with E-state index in [1.807, 2.05) is 0 Å². The Kier molecular flexibility index (Phi) is 5.53. The molecule has 1 aromatic carbocycles. The number of methoxy groups -OCH3 is 1. The Morgan fingerprint density at radius 3 is 2.36 bits per heavy atom. The topological polar surface area (TPSA) is 100 Å². The van der Waals surface area contributed by atoms with Gasteiger partial charge in [0.25, 0.3) is 5.91 Å². The molecule has 25 heavy (non-hydrogen) atoms. The third-order valence-electron chi connectivity index (χ3n) is 3.65. The molecular formula is C17H18FN3O4. The van der Waals surface area contributed by atoms with Gasteiger partial charge in [0.15, 0.2) is 0 Å². The second-order valence-electron chi connectivity index (χ2n) is 5.42. The zero-order chi connectivity index (χ0) is 18.6. The number of rotatable bonds is 4. The molecule has 2 rings (SSSR count). The smallest absolute Gasteiger partial charge is 0.339 e. The van der Waals surface area contributed by atoms with Gasteiger partial charge in [-0.1, -0.05) is 12.1 Å². The molecule has 0 spiro atoms. The van der Waals surface area contributed by atoms with Crippen molar-refractivity contribution in [3.05, 3.63) is 58.2 Å². The molecule has 0 unspecified atom stereocenters. The average molecular weight is 347 g/mol. The molecule has 8 heteroatoms. The van der Waals surface area contributed by atoms with Crippen molar-refractivity contribution in [2.45, 2.75) is 20.3 Å². The molecule has 0 radical (unpaired) electrons. The Morgan fingerprint density at radius 2 is 1.76 bits per heavy atom. The van der Waals surface area contributed by atoms with Crippen LogP contribution in [0.3, 0.4) is 0 Å². The number of halogens is 1. The van der Waals surface area contributed by atoms with Crippen molar-refractivity contribution in [3.63, 3.8) is 0 Å². The van der Waals surface area contributed by atoms with E-state index < -0.39 is 23.6 Å².